The van der Waals surface area contributed by atoms with E-state index in [1.54, 1.807) is 28.8 Å². The highest BCUT2D eigenvalue weighted by molar-refractivity contribution is 7.89. The Kier molecular flexibility index (Phi) is 4.42. The molecule has 0 unspecified atom stereocenters. The number of aryl methyl sites for hydroxylation is 1. The van der Waals surface area contributed by atoms with E-state index in [4.69, 9.17) is 4.42 Å². The van der Waals surface area contributed by atoms with Crippen molar-refractivity contribution in [3.05, 3.63) is 60.0 Å². The lowest BCUT2D eigenvalue weighted by Crippen LogP contribution is -2.38. The van der Waals surface area contributed by atoms with Gasteiger partial charge in [-0.1, -0.05) is 12.1 Å². The maximum absolute atomic E-state index is 12.8. The Morgan fingerprint density at radius 2 is 1.96 bits per heavy atom. The first-order valence-electron chi connectivity index (χ1n) is 8.70. The number of nitrogens with one attached hydrogen (secondary N) is 1. The summed E-state index contributed by atoms with van der Waals surface area (Å²) in [6.45, 7) is 2.92. The normalized spacial score (nSPS) is 16.8. The first kappa shape index (κ1) is 17.1. The van der Waals surface area contributed by atoms with E-state index in [0.29, 0.717) is 18.0 Å². The molecule has 136 valence electrons. The average molecular weight is 371 g/mol. The van der Waals surface area contributed by atoms with Crippen molar-refractivity contribution in [1.82, 2.24) is 14.5 Å². The van der Waals surface area contributed by atoms with Crippen molar-refractivity contribution in [2.45, 2.75) is 30.6 Å². The number of hydrogen-bond donors (Lipinski definition) is 1. The largest absolute Gasteiger partial charge is 0.463 e. The van der Waals surface area contributed by atoms with Crippen molar-refractivity contribution in [3.63, 3.8) is 0 Å². The summed E-state index contributed by atoms with van der Waals surface area (Å²) in [5.41, 5.74) is 2.76. The van der Waals surface area contributed by atoms with Crippen molar-refractivity contribution in [3.8, 4) is 11.5 Å². The van der Waals surface area contributed by atoms with Crippen molar-refractivity contribution < 1.29 is 12.8 Å². The summed E-state index contributed by atoms with van der Waals surface area (Å²) in [7, 11) is -3.43. The number of H-pyrrole nitrogens is 1. The van der Waals surface area contributed by atoms with Gasteiger partial charge < -0.3 is 4.42 Å². The standard InChI is InChI=1S/C19H21N3O3S/c1-14-4-2-5-16(12-14)26(23,24)22-9-7-15(8-10-22)17-13-18(21-20-17)19-6-3-11-25-19/h2-6,11-13,15H,7-10H2,1H3,(H,20,21). The monoisotopic (exact) mass is 371 g/mol. The molecular formula is C19H21N3O3S. The van der Waals surface area contributed by atoms with Gasteiger partial charge in [-0.15, -0.1) is 0 Å². The van der Waals surface area contributed by atoms with Crippen molar-refractivity contribution in [1.29, 1.82) is 0 Å². The van der Waals surface area contributed by atoms with E-state index in [2.05, 4.69) is 10.2 Å². The highest BCUT2D eigenvalue weighted by Gasteiger charge is 2.30. The van der Waals surface area contributed by atoms with Crippen LogP contribution in [0, 0.1) is 6.92 Å². The van der Waals surface area contributed by atoms with Crippen LogP contribution in [0.1, 0.15) is 30.0 Å². The third kappa shape index (κ3) is 3.20. The Labute approximate surface area is 152 Å². The zero-order chi connectivity index (χ0) is 18.1. The fraction of sp³-hybridized carbons (Fsp3) is 0.316. The van der Waals surface area contributed by atoms with Crippen LogP contribution in [-0.4, -0.2) is 36.0 Å². The molecule has 7 heteroatoms. The van der Waals surface area contributed by atoms with Crippen molar-refractivity contribution in [2.75, 3.05) is 13.1 Å². The molecule has 1 saturated heterocycles. The van der Waals surface area contributed by atoms with Crippen LogP contribution in [0.3, 0.4) is 0 Å². The van der Waals surface area contributed by atoms with Gasteiger partial charge in [0.05, 0.1) is 11.2 Å². The predicted molar refractivity (Wildman–Crippen MR) is 98.2 cm³/mol. The van der Waals surface area contributed by atoms with Gasteiger partial charge in [0.15, 0.2) is 5.76 Å². The molecule has 1 aliphatic heterocycles. The number of benzene rings is 1. The number of aromatic nitrogens is 2. The molecule has 3 heterocycles. The molecule has 3 aromatic rings. The molecule has 0 atom stereocenters. The molecule has 6 nitrogen and oxygen atoms in total. The highest BCUT2D eigenvalue weighted by atomic mass is 32.2. The van der Waals surface area contributed by atoms with Gasteiger partial charge in [0.1, 0.15) is 5.69 Å². The van der Waals surface area contributed by atoms with Crippen molar-refractivity contribution >= 4 is 10.0 Å². The first-order chi connectivity index (χ1) is 12.5. The number of aromatic amines is 1. The van der Waals surface area contributed by atoms with E-state index >= 15 is 0 Å². The molecule has 4 rings (SSSR count). The third-order valence-corrected chi connectivity index (χ3v) is 6.79. The summed E-state index contributed by atoms with van der Waals surface area (Å²) in [5, 5.41) is 7.39. The Balaban J connectivity index is 1.46. The molecule has 0 radical (unpaired) electrons. The number of furan rings is 1. The fourth-order valence-electron chi connectivity index (χ4n) is 3.43. The maximum Gasteiger partial charge on any atom is 0.243 e. The van der Waals surface area contributed by atoms with Crippen LogP contribution >= 0.6 is 0 Å². The van der Waals surface area contributed by atoms with Gasteiger partial charge in [-0.25, -0.2) is 8.42 Å². The van der Waals surface area contributed by atoms with Gasteiger partial charge in [-0.2, -0.15) is 9.40 Å². The molecule has 0 aliphatic carbocycles. The Morgan fingerprint density at radius 1 is 1.15 bits per heavy atom. The van der Waals surface area contributed by atoms with Crippen LogP contribution in [0.5, 0.6) is 0 Å². The Bertz CT molecular complexity index is 985. The molecule has 0 spiro atoms. The van der Waals surface area contributed by atoms with Gasteiger partial charge >= 0.3 is 0 Å². The topological polar surface area (TPSA) is 79.2 Å². The highest BCUT2D eigenvalue weighted by Crippen LogP contribution is 2.31. The van der Waals surface area contributed by atoms with Crippen LogP contribution < -0.4 is 0 Å². The van der Waals surface area contributed by atoms with Gasteiger partial charge in [0.2, 0.25) is 10.0 Å². The minimum atomic E-state index is -3.43. The Morgan fingerprint density at radius 3 is 2.65 bits per heavy atom. The average Bonchev–Trinajstić information content (AvgIpc) is 3.33. The molecule has 2 aromatic heterocycles. The molecule has 0 saturated carbocycles. The summed E-state index contributed by atoms with van der Waals surface area (Å²) in [6.07, 6.45) is 3.16. The van der Waals surface area contributed by atoms with Crippen LogP contribution in [0.2, 0.25) is 0 Å². The third-order valence-electron chi connectivity index (χ3n) is 4.89. The number of rotatable bonds is 4. The molecule has 26 heavy (non-hydrogen) atoms. The van der Waals surface area contributed by atoms with E-state index in [1.165, 1.54) is 0 Å². The summed E-state index contributed by atoms with van der Waals surface area (Å²) in [6, 6.07) is 12.8. The summed E-state index contributed by atoms with van der Waals surface area (Å²) >= 11 is 0. The quantitative estimate of drug-likeness (QED) is 0.761. The first-order valence-corrected chi connectivity index (χ1v) is 10.1. The molecular weight excluding hydrogens is 350 g/mol. The predicted octanol–water partition coefficient (Wildman–Crippen LogP) is 3.55. The zero-order valence-electron chi connectivity index (χ0n) is 14.6. The molecule has 0 bridgehead atoms. The van der Waals surface area contributed by atoms with Gasteiger partial charge in [0, 0.05) is 24.7 Å². The minimum Gasteiger partial charge on any atom is -0.463 e. The lowest BCUT2D eigenvalue weighted by atomic mass is 9.94. The maximum atomic E-state index is 12.8. The second-order valence-corrected chi connectivity index (χ2v) is 8.62. The molecule has 0 amide bonds. The van der Waals surface area contributed by atoms with E-state index in [9.17, 15) is 8.42 Å². The van der Waals surface area contributed by atoms with Crippen LogP contribution in [-0.2, 0) is 10.0 Å². The summed E-state index contributed by atoms with van der Waals surface area (Å²) in [5.74, 6) is 1.00. The van der Waals surface area contributed by atoms with Gasteiger partial charge in [0.25, 0.3) is 0 Å². The second kappa shape index (κ2) is 6.74. The molecule has 1 fully saturated rings. The van der Waals surface area contributed by atoms with Gasteiger partial charge in [-0.05, 0) is 55.7 Å². The molecule has 1 aliphatic rings. The Hall–Kier alpha value is -2.38. The SMILES string of the molecule is Cc1cccc(S(=O)(=O)N2CCC(c3cc(-c4ccco4)n[nH]3)CC2)c1. The summed E-state index contributed by atoms with van der Waals surface area (Å²) < 4.78 is 32.6. The smallest absolute Gasteiger partial charge is 0.243 e. The number of sulfonamides is 1. The van der Waals surface area contributed by atoms with Crippen molar-refractivity contribution in [2.24, 2.45) is 0 Å². The number of nitrogens with zero attached hydrogens (tertiary/aromatic N) is 2. The lowest BCUT2D eigenvalue weighted by Gasteiger charge is -2.30. The summed E-state index contributed by atoms with van der Waals surface area (Å²) in [4.78, 5) is 0.373. The van der Waals surface area contributed by atoms with E-state index in [1.807, 2.05) is 31.2 Å². The van der Waals surface area contributed by atoms with Crippen LogP contribution in [0.25, 0.3) is 11.5 Å². The van der Waals surface area contributed by atoms with Crippen LogP contribution in [0.4, 0.5) is 0 Å². The molecule has 1 aromatic carbocycles. The number of hydrogen-bond acceptors (Lipinski definition) is 4. The number of piperidine rings is 1. The van der Waals surface area contributed by atoms with E-state index in [0.717, 1.165) is 35.6 Å². The zero-order valence-corrected chi connectivity index (χ0v) is 15.4. The van der Waals surface area contributed by atoms with E-state index in [-0.39, 0.29) is 5.92 Å². The second-order valence-electron chi connectivity index (χ2n) is 6.68. The molecule has 1 N–H and O–H groups in total. The lowest BCUT2D eigenvalue weighted by molar-refractivity contribution is 0.316. The van der Waals surface area contributed by atoms with Gasteiger partial charge in [-0.3, -0.25) is 5.10 Å². The minimum absolute atomic E-state index is 0.273. The van der Waals surface area contributed by atoms with Crippen LogP contribution in [0.15, 0.2) is 58.0 Å². The fourth-order valence-corrected chi connectivity index (χ4v) is 5.00. The van der Waals surface area contributed by atoms with E-state index < -0.39 is 10.0 Å².